The minimum Gasteiger partial charge on any atom is -0.380 e. The molecule has 1 amide bonds. The number of nitrogens with one attached hydrogen (secondary N) is 1. The molecule has 3 rings (SSSR count). The van der Waals surface area contributed by atoms with Gasteiger partial charge in [0.2, 0.25) is 0 Å². The zero-order valence-electron chi connectivity index (χ0n) is 14.3. The van der Waals surface area contributed by atoms with Crippen molar-refractivity contribution < 1.29 is 4.79 Å². The smallest absolute Gasteiger partial charge is 0.272 e. The largest absolute Gasteiger partial charge is 0.380 e. The summed E-state index contributed by atoms with van der Waals surface area (Å²) in [6.45, 7) is 6.23. The number of piperazine rings is 1. The predicted octanol–water partition coefficient (Wildman–Crippen LogP) is 2.39. The molecule has 5 heteroatoms. The molecule has 2 heterocycles. The normalized spacial score (nSPS) is 15.3. The minimum atomic E-state index is 0.0218. The highest BCUT2D eigenvalue weighted by Crippen LogP contribution is 2.13. The summed E-state index contributed by atoms with van der Waals surface area (Å²) in [5.74, 6) is 0.0218. The molecular weight excluding hydrogens is 300 g/mol. The number of rotatable bonds is 4. The van der Waals surface area contributed by atoms with Gasteiger partial charge in [0.25, 0.3) is 5.91 Å². The molecule has 0 radical (unpaired) electrons. The summed E-state index contributed by atoms with van der Waals surface area (Å²) in [6, 6.07) is 12.0. The maximum Gasteiger partial charge on any atom is 0.272 e. The van der Waals surface area contributed by atoms with Crippen LogP contribution in [0.4, 0.5) is 5.69 Å². The van der Waals surface area contributed by atoms with Crippen LogP contribution in [0, 0.1) is 6.92 Å². The molecule has 1 saturated heterocycles. The highest BCUT2D eigenvalue weighted by molar-refractivity contribution is 5.92. The summed E-state index contributed by atoms with van der Waals surface area (Å²) in [5, 5.41) is 3.36. The zero-order chi connectivity index (χ0) is 16.9. The van der Waals surface area contributed by atoms with Gasteiger partial charge in [0.1, 0.15) is 5.69 Å². The van der Waals surface area contributed by atoms with E-state index in [0.717, 1.165) is 38.4 Å². The number of hydrogen-bond donors (Lipinski definition) is 1. The third-order valence-corrected chi connectivity index (χ3v) is 4.52. The highest BCUT2D eigenvalue weighted by atomic mass is 16.2. The molecule has 0 saturated carbocycles. The van der Waals surface area contributed by atoms with Crippen molar-refractivity contribution >= 4 is 11.6 Å². The second-order valence-corrected chi connectivity index (χ2v) is 6.31. The Labute approximate surface area is 143 Å². The van der Waals surface area contributed by atoms with Crippen molar-refractivity contribution in [1.29, 1.82) is 0 Å². The van der Waals surface area contributed by atoms with E-state index >= 15 is 0 Å². The number of carbonyl (C=O) groups excluding carboxylic acids is 1. The molecule has 1 aromatic heterocycles. The number of amides is 1. The van der Waals surface area contributed by atoms with Crippen LogP contribution in [0.3, 0.4) is 0 Å². The first-order chi connectivity index (χ1) is 11.6. The first-order valence-electron chi connectivity index (χ1n) is 8.36. The molecule has 0 unspecified atom stereocenters. The van der Waals surface area contributed by atoms with E-state index in [1.165, 1.54) is 11.1 Å². The molecule has 126 valence electrons. The van der Waals surface area contributed by atoms with Crippen molar-refractivity contribution in [2.45, 2.75) is 13.5 Å². The average molecular weight is 324 g/mol. The van der Waals surface area contributed by atoms with Crippen molar-refractivity contribution in [3.05, 3.63) is 59.4 Å². The van der Waals surface area contributed by atoms with Crippen LogP contribution in [0.1, 0.15) is 21.6 Å². The van der Waals surface area contributed by atoms with Gasteiger partial charge >= 0.3 is 0 Å². The van der Waals surface area contributed by atoms with Crippen molar-refractivity contribution in [3.63, 3.8) is 0 Å². The Kier molecular flexibility index (Phi) is 5.11. The second-order valence-electron chi connectivity index (χ2n) is 6.31. The number of aromatic nitrogens is 1. The van der Waals surface area contributed by atoms with E-state index in [9.17, 15) is 4.79 Å². The molecule has 0 aliphatic carbocycles. The van der Waals surface area contributed by atoms with Crippen LogP contribution < -0.4 is 5.32 Å². The lowest BCUT2D eigenvalue weighted by Gasteiger charge is -2.32. The van der Waals surface area contributed by atoms with E-state index in [2.05, 4.69) is 41.3 Å². The van der Waals surface area contributed by atoms with Crippen LogP contribution in [-0.4, -0.2) is 53.9 Å². The van der Waals surface area contributed by atoms with Crippen molar-refractivity contribution in [3.8, 4) is 0 Å². The Bertz CT molecular complexity index is 691. The van der Waals surface area contributed by atoms with Crippen LogP contribution in [0.15, 0.2) is 42.6 Å². The summed E-state index contributed by atoms with van der Waals surface area (Å²) in [5.41, 5.74) is 3.96. The fraction of sp³-hybridized carbons (Fsp3) is 0.368. The Hall–Kier alpha value is -2.40. The number of carbonyl (C=O) groups is 1. The van der Waals surface area contributed by atoms with Crippen molar-refractivity contribution in [2.75, 3.05) is 38.5 Å². The van der Waals surface area contributed by atoms with Crippen LogP contribution >= 0.6 is 0 Å². The molecular formula is C19H24N4O. The van der Waals surface area contributed by atoms with E-state index in [1.807, 2.05) is 23.1 Å². The summed E-state index contributed by atoms with van der Waals surface area (Å²) in [6.07, 6.45) is 1.74. The molecule has 1 N–H and O–H groups in total. The molecule has 1 aliphatic heterocycles. The quantitative estimate of drug-likeness (QED) is 0.938. The SMILES string of the molecule is Cc1ccccc1CNc1ccc(C(=O)N2CCN(C)CC2)nc1. The molecule has 1 aliphatic rings. The summed E-state index contributed by atoms with van der Waals surface area (Å²) >= 11 is 0. The molecule has 5 nitrogen and oxygen atoms in total. The van der Waals surface area contributed by atoms with E-state index in [4.69, 9.17) is 0 Å². The number of aryl methyl sites for hydroxylation is 1. The number of anilines is 1. The molecule has 0 spiro atoms. The Balaban J connectivity index is 1.59. The van der Waals surface area contributed by atoms with E-state index in [1.54, 1.807) is 12.3 Å². The monoisotopic (exact) mass is 324 g/mol. The van der Waals surface area contributed by atoms with E-state index in [-0.39, 0.29) is 5.91 Å². The number of hydrogen-bond acceptors (Lipinski definition) is 4. The Morgan fingerprint density at radius 2 is 1.88 bits per heavy atom. The van der Waals surface area contributed by atoms with Crippen LogP contribution in [-0.2, 0) is 6.54 Å². The van der Waals surface area contributed by atoms with E-state index < -0.39 is 0 Å². The molecule has 0 bridgehead atoms. The lowest BCUT2D eigenvalue weighted by Crippen LogP contribution is -2.47. The molecule has 0 atom stereocenters. The van der Waals surface area contributed by atoms with Crippen LogP contribution in [0.5, 0.6) is 0 Å². The van der Waals surface area contributed by atoms with Gasteiger partial charge in [-0.1, -0.05) is 24.3 Å². The first-order valence-corrected chi connectivity index (χ1v) is 8.36. The zero-order valence-corrected chi connectivity index (χ0v) is 14.3. The number of likely N-dealkylation sites (N-methyl/N-ethyl adjacent to an activating group) is 1. The van der Waals surface area contributed by atoms with Crippen molar-refractivity contribution in [1.82, 2.24) is 14.8 Å². The highest BCUT2D eigenvalue weighted by Gasteiger charge is 2.21. The Morgan fingerprint density at radius 3 is 2.54 bits per heavy atom. The molecule has 2 aromatic rings. The van der Waals surface area contributed by atoms with Crippen molar-refractivity contribution in [2.24, 2.45) is 0 Å². The van der Waals surface area contributed by atoms with Gasteiger partial charge in [0.15, 0.2) is 0 Å². The third kappa shape index (κ3) is 3.92. The number of nitrogens with zero attached hydrogens (tertiary/aromatic N) is 3. The number of benzene rings is 1. The first kappa shape index (κ1) is 16.5. The summed E-state index contributed by atoms with van der Waals surface area (Å²) in [4.78, 5) is 20.9. The Morgan fingerprint density at radius 1 is 1.12 bits per heavy atom. The topological polar surface area (TPSA) is 48.5 Å². The summed E-state index contributed by atoms with van der Waals surface area (Å²) in [7, 11) is 2.08. The molecule has 1 aromatic carbocycles. The second kappa shape index (κ2) is 7.45. The van der Waals surface area contributed by atoms with Gasteiger partial charge in [-0.2, -0.15) is 0 Å². The average Bonchev–Trinajstić information content (AvgIpc) is 2.62. The van der Waals surface area contributed by atoms with Gasteiger partial charge < -0.3 is 15.1 Å². The molecule has 1 fully saturated rings. The van der Waals surface area contributed by atoms with Gasteiger partial charge in [-0.3, -0.25) is 4.79 Å². The lowest BCUT2D eigenvalue weighted by molar-refractivity contribution is 0.0658. The minimum absolute atomic E-state index is 0.0218. The van der Waals surface area contributed by atoms with Crippen LogP contribution in [0.2, 0.25) is 0 Å². The van der Waals surface area contributed by atoms with Gasteiger partial charge in [0, 0.05) is 32.7 Å². The fourth-order valence-corrected chi connectivity index (χ4v) is 2.80. The maximum atomic E-state index is 12.5. The van der Waals surface area contributed by atoms with Gasteiger partial charge in [-0.15, -0.1) is 0 Å². The van der Waals surface area contributed by atoms with E-state index in [0.29, 0.717) is 5.69 Å². The van der Waals surface area contributed by atoms with Gasteiger partial charge in [-0.25, -0.2) is 4.98 Å². The lowest BCUT2D eigenvalue weighted by atomic mass is 10.1. The fourth-order valence-electron chi connectivity index (χ4n) is 2.80. The standard InChI is InChI=1S/C19H24N4O/c1-15-5-3-4-6-16(15)13-20-17-7-8-18(21-14-17)19(24)23-11-9-22(2)10-12-23/h3-8,14,20H,9-13H2,1-2H3. The van der Waals surface area contributed by atoms with Gasteiger partial charge in [-0.05, 0) is 37.2 Å². The summed E-state index contributed by atoms with van der Waals surface area (Å²) < 4.78 is 0. The molecule has 24 heavy (non-hydrogen) atoms. The maximum absolute atomic E-state index is 12.5. The number of pyridine rings is 1. The van der Waals surface area contributed by atoms with Gasteiger partial charge in [0.05, 0.1) is 11.9 Å². The third-order valence-electron chi connectivity index (χ3n) is 4.52. The predicted molar refractivity (Wildman–Crippen MR) is 96.1 cm³/mol. The van der Waals surface area contributed by atoms with Crippen LogP contribution in [0.25, 0.3) is 0 Å².